The van der Waals surface area contributed by atoms with Gasteiger partial charge in [-0.2, -0.15) is 0 Å². The molecule has 0 radical (unpaired) electrons. The van der Waals surface area contributed by atoms with Crippen LogP contribution < -0.4 is 15.6 Å². The molecule has 1 aliphatic rings. The number of hydrogen-bond acceptors (Lipinski definition) is 6. The number of amides is 2. The molecule has 1 aliphatic heterocycles. The van der Waals surface area contributed by atoms with Crippen LogP contribution in [-0.4, -0.2) is 55.5 Å². The van der Waals surface area contributed by atoms with Gasteiger partial charge in [0.25, 0.3) is 10.8 Å². The van der Waals surface area contributed by atoms with Crippen molar-refractivity contribution < 1.29 is 14.3 Å². The second-order valence-electron chi connectivity index (χ2n) is 6.43. The topological polar surface area (TPSA) is 90.3 Å². The monoisotopic (exact) mass is 419 g/mol. The fourth-order valence-corrected chi connectivity index (χ4v) is 3.86. The summed E-state index contributed by atoms with van der Waals surface area (Å²) in [5, 5.41) is 2.16. The molecule has 2 aromatic carbocycles. The van der Waals surface area contributed by atoms with Crippen molar-refractivity contribution >= 4 is 63.4 Å². The standard InChI is InChI=1S/C20H17N3O4S.Na.H/c1-23-17(21-15-5-3-2-4-14(15)19(23)25)11-27-13-8-6-12(7-9-13)10-16-18(24)22-20(26)28-16;;/h2-9,16H,10-11H2,1H3,(H,22,24,26);;. The van der Waals surface area contributed by atoms with E-state index in [1.54, 1.807) is 31.3 Å². The zero-order valence-electron chi connectivity index (χ0n) is 15.0. The van der Waals surface area contributed by atoms with Gasteiger partial charge in [-0.25, -0.2) is 4.98 Å². The molecule has 1 fully saturated rings. The molecular weight excluding hydrogens is 401 g/mol. The van der Waals surface area contributed by atoms with Crippen molar-refractivity contribution in [3.05, 3.63) is 70.3 Å². The number of imide groups is 1. The Labute approximate surface area is 193 Å². The van der Waals surface area contributed by atoms with Gasteiger partial charge < -0.3 is 4.74 Å². The van der Waals surface area contributed by atoms with E-state index in [1.165, 1.54) is 4.57 Å². The van der Waals surface area contributed by atoms with Crippen LogP contribution in [0.1, 0.15) is 11.4 Å². The maximum atomic E-state index is 12.4. The van der Waals surface area contributed by atoms with Gasteiger partial charge in [0.2, 0.25) is 5.91 Å². The first-order valence-electron chi connectivity index (χ1n) is 8.69. The quantitative estimate of drug-likeness (QED) is 0.634. The van der Waals surface area contributed by atoms with Gasteiger partial charge in [-0.3, -0.25) is 24.3 Å². The van der Waals surface area contributed by atoms with Crippen LogP contribution in [0.4, 0.5) is 4.79 Å². The summed E-state index contributed by atoms with van der Waals surface area (Å²) in [5.41, 5.74) is 1.47. The Balaban J connectivity index is 0.00000240. The van der Waals surface area contributed by atoms with Crippen LogP contribution in [0.2, 0.25) is 0 Å². The number of para-hydroxylation sites is 1. The summed E-state index contributed by atoms with van der Waals surface area (Å²) in [5.74, 6) is 0.912. The fourth-order valence-electron chi connectivity index (χ4n) is 3.00. The third kappa shape index (κ3) is 4.72. The number of nitrogens with zero attached hydrogens (tertiary/aromatic N) is 2. The Kier molecular flexibility index (Phi) is 6.79. The third-order valence-corrected chi connectivity index (χ3v) is 5.54. The average molecular weight is 419 g/mol. The molecule has 3 aromatic rings. The molecule has 0 spiro atoms. The Hall–Kier alpha value is -2.13. The number of thioether (sulfide) groups is 1. The average Bonchev–Trinajstić information content (AvgIpc) is 3.01. The zero-order valence-corrected chi connectivity index (χ0v) is 15.9. The molecule has 1 N–H and O–H groups in total. The summed E-state index contributed by atoms with van der Waals surface area (Å²) in [6.45, 7) is 0.158. The van der Waals surface area contributed by atoms with Gasteiger partial charge in [0, 0.05) is 7.05 Å². The zero-order chi connectivity index (χ0) is 19.7. The second-order valence-corrected chi connectivity index (χ2v) is 7.60. The molecule has 0 bridgehead atoms. The van der Waals surface area contributed by atoms with Gasteiger partial charge in [-0.1, -0.05) is 36.0 Å². The Morgan fingerprint density at radius 1 is 1.10 bits per heavy atom. The summed E-state index contributed by atoms with van der Waals surface area (Å²) >= 11 is 1.01. The molecule has 0 saturated carbocycles. The molecule has 7 nitrogen and oxygen atoms in total. The van der Waals surface area contributed by atoms with E-state index in [4.69, 9.17) is 4.74 Å². The number of hydrogen-bond donors (Lipinski definition) is 1. The van der Waals surface area contributed by atoms with E-state index in [2.05, 4.69) is 10.3 Å². The summed E-state index contributed by atoms with van der Waals surface area (Å²) in [6.07, 6.45) is 0.475. The van der Waals surface area contributed by atoms with E-state index < -0.39 is 5.25 Å². The second kappa shape index (κ2) is 9.13. The number of nitrogens with one attached hydrogen (secondary N) is 1. The summed E-state index contributed by atoms with van der Waals surface area (Å²) < 4.78 is 7.27. The third-order valence-electron chi connectivity index (χ3n) is 4.56. The van der Waals surface area contributed by atoms with Crippen molar-refractivity contribution in [1.82, 2.24) is 14.9 Å². The molecule has 1 saturated heterocycles. The van der Waals surface area contributed by atoms with Gasteiger partial charge in [-0.05, 0) is 36.2 Å². The van der Waals surface area contributed by atoms with Gasteiger partial charge in [0.1, 0.15) is 18.2 Å². The SMILES string of the molecule is Cn1c(COc2ccc(CC3SC(=O)NC3=O)cc2)nc2ccccc2c1=O.[NaH]. The number of fused-ring (bicyclic) bond motifs is 1. The van der Waals surface area contributed by atoms with E-state index >= 15 is 0 Å². The van der Waals surface area contributed by atoms with Crippen LogP contribution in [0.3, 0.4) is 0 Å². The molecule has 9 heteroatoms. The normalized spacial score (nSPS) is 15.8. The van der Waals surface area contributed by atoms with Crippen molar-refractivity contribution in [2.24, 2.45) is 7.05 Å². The first kappa shape index (κ1) is 21.6. The van der Waals surface area contributed by atoms with Crippen LogP contribution >= 0.6 is 11.8 Å². The molecule has 1 atom stereocenters. The number of carbonyl (C=O) groups excluding carboxylic acids is 2. The number of benzene rings is 2. The summed E-state index contributed by atoms with van der Waals surface area (Å²) in [4.78, 5) is 39.8. The molecule has 2 amide bonds. The van der Waals surface area contributed by atoms with E-state index in [1.807, 2.05) is 24.3 Å². The number of rotatable bonds is 5. The predicted octanol–water partition coefficient (Wildman–Crippen LogP) is 1.76. The van der Waals surface area contributed by atoms with Gasteiger partial charge in [-0.15, -0.1) is 0 Å². The van der Waals surface area contributed by atoms with Crippen LogP contribution in [0.15, 0.2) is 53.3 Å². The van der Waals surface area contributed by atoms with Gasteiger partial charge >= 0.3 is 29.6 Å². The van der Waals surface area contributed by atoms with E-state index in [9.17, 15) is 14.4 Å². The summed E-state index contributed by atoms with van der Waals surface area (Å²) in [7, 11) is 1.68. The minimum absolute atomic E-state index is 0. The Morgan fingerprint density at radius 2 is 1.83 bits per heavy atom. The Morgan fingerprint density at radius 3 is 2.52 bits per heavy atom. The van der Waals surface area contributed by atoms with Crippen LogP contribution in [-0.2, 0) is 24.9 Å². The van der Waals surface area contributed by atoms with Gasteiger partial charge in [0.15, 0.2) is 0 Å². The van der Waals surface area contributed by atoms with Crippen molar-refractivity contribution in [3.63, 3.8) is 0 Å². The van der Waals surface area contributed by atoms with Crippen molar-refractivity contribution in [1.29, 1.82) is 0 Å². The molecule has 1 aromatic heterocycles. The van der Waals surface area contributed by atoms with Crippen molar-refractivity contribution in [2.75, 3.05) is 0 Å². The fraction of sp³-hybridized carbons (Fsp3) is 0.200. The predicted molar refractivity (Wildman–Crippen MR) is 114 cm³/mol. The molecule has 144 valence electrons. The molecule has 2 heterocycles. The Bertz CT molecular complexity index is 1130. The van der Waals surface area contributed by atoms with Crippen LogP contribution in [0.25, 0.3) is 10.9 Å². The molecule has 1 unspecified atom stereocenters. The first-order chi connectivity index (χ1) is 13.5. The number of ether oxygens (including phenoxy) is 1. The number of carbonyl (C=O) groups is 2. The van der Waals surface area contributed by atoms with E-state index in [-0.39, 0.29) is 52.9 Å². The molecule has 4 rings (SSSR count). The molecule has 0 aliphatic carbocycles. The van der Waals surface area contributed by atoms with Crippen LogP contribution in [0, 0.1) is 0 Å². The maximum absolute atomic E-state index is 12.4. The van der Waals surface area contributed by atoms with E-state index in [0.29, 0.717) is 28.9 Å². The molecular formula is C20H18N3NaO4S. The van der Waals surface area contributed by atoms with Gasteiger partial charge in [0.05, 0.1) is 16.2 Å². The summed E-state index contributed by atoms with van der Waals surface area (Å²) in [6, 6.07) is 14.5. The molecule has 29 heavy (non-hydrogen) atoms. The van der Waals surface area contributed by atoms with Crippen molar-refractivity contribution in [3.8, 4) is 5.75 Å². The van der Waals surface area contributed by atoms with Crippen LogP contribution in [0.5, 0.6) is 5.75 Å². The minimum atomic E-state index is -0.393. The van der Waals surface area contributed by atoms with Crippen molar-refractivity contribution in [2.45, 2.75) is 18.3 Å². The first-order valence-corrected chi connectivity index (χ1v) is 9.57. The number of aromatic nitrogens is 2. The van der Waals surface area contributed by atoms with E-state index in [0.717, 1.165) is 17.3 Å².